The van der Waals surface area contributed by atoms with E-state index in [1.807, 2.05) is 12.4 Å². The van der Waals surface area contributed by atoms with Crippen molar-refractivity contribution in [1.29, 1.82) is 0 Å². The van der Waals surface area contributed by atoms with E-state index in [1.54, 1.807) is 0 Å². The van der Waals surface area contributed by atoms with Crippen molar-refractivity contribution in [3.63, 3.8) is 0 Å². The highest BCUT2D eigenvalue weighted by molar-refractivity contribution is 5.40. The quantitative estimate of drug-likeness (QED) is 0.634. The van der Waals surface area contributed by atoms with Crippen LogP contribution in [0.1, 0.15) is 47.5 Å². The molecule has 1 unspecified atom stereocenters. The van der Waals surface area contributed by atoms with Crippen LogP contribution in [0.2, 0.25) is 0 Å². The Labute approximate surface area is 127 Å². The summed E-state index contributed by atoms with van der Waals surface area (Å²) in [7, 11) is 0. The van der Waals surface area contributed by atoms with E-state index in [0.29, 0.717) is 0 Å². The van der Waals surface area contributed by atoms with Crippen LogP contribution in [0.4, 0.5) is 0 Å². The zero-order valence-corrected chi connectivity index (χ0v) is 13.5. The minimum atomic E-state index is 0.0867. The van der Waals surface area contributed by atoms with Crippen LogP contribution in [-0.4, -0.2) is 9.55 Å². The van der Waals surface area contributed by atoms with Gasteiger partial charge < -0.3 is 4.57 Å². The largest absolute Gasteiger partial charge is 0.335 e. The lowest BCUT2D eigenvalue weighted by molar-refractivity contribution is 0.513. The molecule has 0 fully saturated rings. The van der Waals surface area contributed by atoms with E-state index in [0.717, 1.165) is 25.2 Å². The second-order valence-corrected chi connectivity index (χ2v) is 5.77. The molecule has 21 heavy (non-hydrogen) atoms. The fourth-order valence-electron chi connectivity index (χ4n) is 3.14. The van der Waals surface area contributed by atoms with Gasteiger partial charge in [0.1, 0.15) is 5.82 Å². The monoisotopic (exact) mass is 286 g/mol. The molecule has 3 N–H and O–H groups in total. The number of hydrogen-bond donors (Lipinski definition) is 2. The Bertz CT molecular complexity index is 578. The third-order valence-electron chi connectivity index (χ3n) is 3.94. The van der Waals surface area contributed by atoms with E-state index >= 15 is 0 Å². The Balaban J connectivity index is 2.30. The summed E-state index contributed by atoms with van der Waals surface area (Å²) in [5.74, 6) is 6.92. The summed E-state index contributed by atoms with van der Waals surface area (Å²) >= 11 is 0. The van der Waals surface area contributed by atoms with Gasteiger partial charge >= 0.3 is 0 Å². The fraction of sp³-hybridized carbons (Fsp3) is 0.471. The molecule has 4 heteroatoms. The van der Waals surface area contributed by atoms with E-state index in [-0.39, 0.29) is 6.04 Å². The predicted octanol–water partition coefficient (Wildman–Crippen LogP) is 2.97. The summed E-state index contributed by atoms with van der Waals surface area (Å²) in [5, 5.41) is 0. The van der Waals surface area contributed by atoms with Gasteiger partial charge in [0.2, 0.25) is 0 Å². The Morgan fingerprint density at radius 3 is 2.48 bits per heavy atom. The molecule has 0 radical (unpaired) electrons. The van der Waals surface area contributed by atoms with Crippen LogP contribution in [0.3, 0.4) is 0 Å². The molecule has 1 aromatic carbocycles. The van der Waals surface area contributed by atoms with Crippen LogP contribution in [0.25, 0.3) is 0 Å². The van der Waals surface area contributed by atoms with Gasteiger partial charge in [0, 0.05) is 25.4 Å². The van der Waals surface area contributed by atoms with Gasteiger partial charge in [0.05, 0.1) is 6.04 Å². The molecule has 0 aliphatic rings. The van der Waals surface area contributed by atoms with Crippen LogP contribution >= 0.6 is 0 Å². The van der Waals surface area contributed by atoms with Gasteiger partial charge in [0.15, 0.2) is 0 Å². The highest BCUT2D eigenvalue weighted by Gasteiger charge is 2.18. The van der Waals surface area contributed by atoms with Crippen molar-refractivity contribution in [2.45, 2.75) is 53.1 Å². The van der Waals surface area contributed by atoms with Crippen molar-refractivity contribution < 1.29 is 0 Å². The average Bonchev–Trinajstić information content (AvgIpc) is 2.84. The molecule has 0 aliphatic carbocycles. The molecule has 2 rings (SSSR count). The number of nitrogens with one attached hydrogen (secondary N) is 1. The van der Waals surface area contributed by atoms with Gasteiger partial charge in [-0.15, -0.1) is 0 Å². The van der Waals surface area contributed by atoms with Crippen LogP contribution in [0, 0.1) is 20.8 Å². The standard InChI is InChI=1S/C17H26N4/c1-5-7-21-8-6-19-16(21)11-15(20-18)17-13(3)9-12(2)10-14(17)4/h6,8-10,15,20H,5,7,11,18H2,1-4H3. The molecule has 0 amide bonds. The average molecular weight is 286 g/mol. The Morgan fingerprint density at radius 2 is 1.90 bits per heavy atom. The molecule has 2 aromatic rings. The Morgan fingerprint density at radius 1 is 1.24 bits per heavy atom. The highest BCUT2D eigenvalue weighted by atomic mass is 15.2. The minimum Gasteiger partial charge on any atom is -0.335 e. The first kappa shape index (κ1) is 15.7. The van der Waals surface area contributed by atoms with Crippen molar-refractivity contribution in [2.24, 2.45) is 5.84 Å². The topological polar surface area (TPSA) is 55.9 Å². The lowest BCUT2D eigenvalue weighted by Crippen LogP contribution is -2.31. The van der Waals surface area contributed by atoms with Gasteiger partial charge in [-0.1, -0.05) is 24.6 Å². The van der Waals surface area contributed by atoms with Crippen LogP contribution in [0.5, 0.6) is 0 Å². The van der Waals surface area contributed by atoms with Gasteiger partial charge in [-0.25, -0.2) is 4.98 Å². The molecule has 0 aliphatic heterocycles. The first-order valence-corrected chi connectivity index (χ1v) is 7.60. The summed E-state index contributed by atoms with van der Waals surface area (Å²) < 4.78 is 2.21. The molecular weight excluding hydrogens is 260 g/mol. The molecule has 0 saturated heterocycles. The minimum absolute atomic E-state index is 0.0867. The van der Waals surface area contributed by atoms with Gasteiger partial charge in [-0.2, -0.15) is 0 Å². The summed E-state index contributed by atoms with van der Waals surface area (Å²) in [6, 6.07) is 4.51. The molecule has 114 valence electrons. The number of nitrogens with zero attached hydrogens (tertiary/aromatic N) is 2. The Kier molecular flexibility index (Phi) is 5.15. The highest BCUT2D eigenvalue weighted by Crippen LogP contribution is 2.25. The van der Waals surface area contributed by atoms with E-state index < -0.39 is 0 Å². The first-order valence-electron chi connectivity index (χ1n) is 7.60. The van der Waals surface area contributed by atoms with E-state index in [2.05, 4.69) is 54.8 Å². The summed E-state index contributed by atoms with van der Waals surface area (Å²) in [5.41, 5.74) is 8.11. The number of hydrazine groups is 1. The van der Waals surface area contributed by atoms with Crippen molar-refractivity contribution in [3.8, 4) is 0 Å². The second kappa shape index (κ2) is 6.87. The van der Waals surface area contributed by atoms with E-state index in [1.165, 1.54) is 22.3 Å². The number of hydrogen-bond acceptors (Lipinski definition) is 3. The fourth-order valence-corrected chi connectivity index (χ4v) is 3.14. The zero-order chi connectivity index (χ0) is 15.4. The third-order valence-corrected chi connectivity index (χ3v) is 3.94. The second-order valence-electron chi connectivity index (χ2n) is 5.77. The van der Waals surface area contributed by atoms with Gasteiger partial charge in [0.25, 0.3) is 0 Å². The van der Waals surface area contributed by atoms with Crippen LogP contribution in [-0.2, 0) is 13.0 Å². The number of imidazole rings is 1. The summed E-state index contributed by atoms with van der Waals surface area (Å²) in [4.78, 5) is 4.49. The third kappa shape index (κ3) is 3.52. The number of benzene rings is 1. The molecule has 1 atom stereocenters. The summed E-state index contributed by atoms with van der Waals surface area (Å²) in [6.07, 6.45) is 5.82. The summed E-state index contributed by atoms with van der Waals surface area (Å²) in [6.45, 7) is 9.61. The van der Waals surface area contributed by atoms with Crippen LogP contribution in [0.15, 0.2) is 24.5 Å². The maximum absolute atomic E-state index is 5.83. The lowest BCUT2D eigenvalue weighted by atomic mass is 9.92. The van der Waals surface area contributed by atoms with Crippen molar-refractivity contribution in [2.75, 3.05) is 0 Å². The first-order chi connectivity index (χ1) is 10.1. The number of aryl methyl sites for hydroxylation is 4. The molecule has 4 nitrogen and oxygen atoms in total. The normalized spacial score (nSPS) is 12.6. The zero-order valence-electron chi connectivity index (χ0n) is 13.5. The lowest BCUT2D eigenvalue weighted by Gasteiger charge is -2.22. The van der Waals surface area contributed by atoms with E-state index in [9.17, 15) is 0 Å². The van der Waals surface area contributed by atoms with Crippen LogP contribution < -0.4 is 11.3 Å². The van der Waals surface area contributed by atoms with Gasteiger partial charge in [-0.05, 0) is 43.9 Å². The maximum Gasteiger partial charge on any atom is 0.110 e. The van der Waals surface area contributed by atoms with Crippen molar-refractivity contribution >= 4 is 0 Å². The molecule has 1 heterocycles. The number of aromatic nitrogens is 2. The van der Waals surface area contributed by atoms with Crippen molar-refractivity contribution in [1.82, 2.24) is 15.0 Å². The number of nitrogens with two attached hydrogens (primary N) is 1. The molecule has 0 bridgehead atoms. The Hall–Kier alpha value is -1.65. The molecule has 0 spiro atoms. The smallest absolute Gasteiger partial charge is 0.110 e. The maximum atomic E-state index is 5.83. The predicted molar refractivity (Wildman–Crippen MR) is 86.9 cm³/mol. The van der Waals surface area contributed by atoms with Gasteiger partial charge in [-0.3, -0.25) is 11.3 Å². The van der Waals surface area contributed by atoms with E-state index in [4.69, 9.17) is 5.84 Å². The SMILES string of the molecule is CCCn1ccnc1CC(NN)c1c(C)cc(C)cc1C. The molecule has 1 aromatic heterocycles. The number of rotatable bonds is 6. The van der Waals surface area contributed by atoms with Crippen molar-refractivity contribution in [3.05, 3.63) is 52.6 Å². The molecule has 0 saturated carbocycles. The molecular formula is C17H26N4.